The molecule has 0 spiro atoms. The summed E-state index contributed by atoms with van der Waals surface area (Å²) < 4.78 is 1.97. The van der Waals surface area contributed by atoms with E-state index in [1.54, 1.807) is 6.20 Å². The fourth-order valence-corrected chi connectivity index (χ4v) is 4.03. The standard InChI is InChI=1S/C20H23N3O2/c24-19(15-7-2-1-3-8-15)13-16-9-6-11-22(16)20(25)17-14-21-23-12-5-4-10-18(17)23/h1-3,7-8,14,16H,4-6,9-13H2. The van der Waals surface area contributed by atoms with Crippen LogP contribution >= 0.6 is 0 Å². The number of amides is 1. The maximum atomic E-state index is 13.1. The fraction of sp³-hybridized carbons (Fsp3) is 0.450. The molecular formula is C20H23N3O2. The number of hydrogen-bond donors (Lipinski definition) is 0. The van der Waals surface area contributed by atoms with Gasteiger partial charge in [0.2, 0.25) is 0 Å². The molecule has 1 aromatic carbocycles. The largest absolute Gasteiger partial charge is 0.335 e. The van der Waals surface area contributed by atoms with E-state index in [9.17, 15) is 9.59 Å². The first kappa shape index (κ1) is 16.1. The third-order valence-electron chi connectivity index (χ3n) is 5.37. The fourth-order valence-electron chi connectivity index (χ4n) is 4.03. The Kier molecular flexibility index (Phi) is 4.38. The van der Waals surface area contributed by atoms with Crippen LogP contribution in [0.4, 0.5) is 0 Å². The maximum absolute atomic E-state index is 13.1. The van der Waals surface area contributed by atoms with Crippen LogP contribution in [-0.4, -0.2) is 39.0 Å². The summed E-state index contributed by atoms with van der Waals surface area (Å²) in [5.41, 5.74) is 2.53. The number of aryl methyl sites for hydroxylation is 1. The van der Waals surface area contributed by atoms with Crippen LogP contribution in [-0.2, 0) is 13.0 Å². The van der Waals surface area contributed by atoms with Gasteiger partial charge in [0.05, 0.1) is 17.5 Å². The molecule has 130 valence electrons. The number of likely N-dealkylation sites (tertiary alicyclic amines) is 1. The van der Waals surface area contributed by atoms with Crippen LogP contribution in [0.5, 0.6) is 0 Å². The molecule has 0 bridgehead atoms. The summed E-state index contributed by atoms with van der Waals surface area (Å²) in [5.74, 6) is 0.161. The minimum Gasteiger partial charge on any atom is -0.335 e. The molecule has 1 atom stereocenters. The Morgan fingerprint density at radius 1 is 1.08 bits per heavy atom. The zero-order valence-corrected chi connectivity index (χ0v) is 14.4. The van der Waals surface area contributed by atoms with Crippen molar-refractivity contribution in [3.05, 3.63) is 53.3 Å². The summed E-state index contributed by atoms with van der Waals surface area (Å²) in [6, 6.07) is 9.36. The molecule has 1 fully saturated rings. The van der Waals surface area contributed by atoms with E-state index in [1.807, 2.05) is 39.9 Å². The van der Waals surface area contributed by atoms with Crippen LogP contribution in [0.15, 0.2) is 36.5 Å². The molecule has 25 heavy (non-hydrogen) atoms. The normalized spacial score (nSPS) is 19.7. The van der Waals surface area contributed by atoms with Crippen molar-refractivity contribution in [3.8, 4) is 0 Å². The van der Waals surface area contributed by atoms with Crippen molar-refractivity contribution >= 4 is 11.7 Å². The number of carbonyl (C=O) groups is 2. The van der Waals surface area contributed by atoms with E-state index in [4.69, 9.17) is 0 Å². The highest BCUT2D eigenvalue weighted by Crippen LogP contribution is 2.26. The number of Topliss-reactive ketones (excluding diaryl/α,β-unsaturated/α-hetero) is 1. The summed E-state index contributed by atoms with van der Waals surface area (Å²) in [6.07, 6.45) is 7.14. The Bertz CT molecular complexity index is 781. The molecule has 2 aromatic rings. The summed E-state index contributed by atoms with van der Waals surface area (Å²) in [6.45, 7) is 1.63. The van der Waals surface area contributed by atoms with Crippen molar-refractivity contribution in [2.45, 2.75) is 51.1 Å². The number of carbonyl (C=O) groups excluding carboxylic acids is 2. The minimum atomic E-state index is -0.000605. The topological polar surface area (TPSA) is 55.2 Å². The first-order chi connectivity index (χ1) is 12.2. The van der Waals surface area contributed by atoms with Gasteiger partial charge in [0.15, 0.2) is 5.78 Å². The van der Waals surface area contributed by atoms with Crippen LogP contribution in [0.2, 0.25) is 0 Å². The van der Waals surface area contributed by atoms with Crippen LogP contribution in [0.1, 0.15) is 58.5 Å². The van der Waals surface area contributed by atoms with Gasteiger partial charge in [0.1, 0.15) is 0 Å². The van der Waals surface area contributed by atoms with Crippen LogP contribution in [0.3, 0.4) is 0 Å². The minimum absolute atomic E-state index is 0.000605. The van der Waals surface area contributed by atoms with Gasteiger partial charge in [-0.05, 0) is 32.1 Å². The molecule has 3 heterocycles. The predicted octanol–water partition coefficient (Wildman–Crippen LogP) is 3.10. The van der Waals surface area contributed by atoms with Crippen molar-refractivity contribution in [1.82, 2.24) is 14.7 Å². The van der Waals surface area contributed by atoms with Crippen LogP contribution in [0, 0.1) is 0 Å². The monoisotopic (exact) mass is 337 g/mol. The molecule has 5 nitrogen and oxygen atoms in total. The Hall–Kier alpha value is -2.43. The van der Waals surface area contributed by atoms with E-state index >= 15 is 0 Å². The van der Waals surface area contributed by atoms with E-state index in [0.717, 1.165) is 62.0 Å². The zero-order chi connectivity index (χ0) is 17.2. The van der Waals surface area contributed by atoms with E-state index in [2.05, 4.69) is 5.10 Å². The maximum Gasteiger partial charge on any atom is 0.257 e. The van der Waals surface area contributed by atoms with Gasteiger partial charge in [-0.3, -0.25) is 14.3 Å². The summed E-state index contributed by atoms with van der Waals surface area (Å²) >= 11 is 0. The molecule has 1 unspecified atom stereocenters. The highest BCUT2D eigenvalue weighted by molar-refractivity contribution is 5.98. The lowest BCUT2D eigenvalue weighted by Crippen LogP contribution is -2.37. The van der Waals surface area contributed by atoms with Crippen molar-refractivity contribution in [1.29, 1.82) is 0 Å². The second-order valence-electron chi connectivity index (χ2n) is 6.97. The molecule has 1 saturated heterocycles. The van der Waals surface area contributed by atoms with Gasteiger partial charge in [-0.25, -0.2) is 0 Å². The Morgan fingerprint density at radius 2 is 1.92 bits per heavy atom. The summed E-state index contributed by atoms with van der Waals surface area (Å²) in [5, 5.41) is 4.38. The highest BCUT2D eigenvalue weighted by atomic mass is 16.2. The molecule has 5 heteroatoms. The van der Waals surface area contributed by atoms with E-state index < -0.39 is 0 Å². The lowest BCUT2D eigenvalue weighted by atomic mass is 10.0. The zero-order valence-electron chi connectivity index (χ0n) is 14.4. The van der Waals surface area contributed by atoms with Crippen molar-refractivity contribution < 1.29 is 9.59 Å². The third kappa shape index (κ3) is 3.11. The second kappa shape index (κ2) is 6.82. The number of nitrogens with zero attached hydrogens (tertiary/aromatic N) is 3. The Morgan fingerprint density at radius 3 is 2.76 bits per heavy atom. The first-order valence-electron chi connectivity index (χ1n) is 9.18. The average molecular weight is 337 g/mol. The van der Waals surface area contributed by atoms with Gasteiger partial charge in [-0.1, -0.05) is 30.3 Å². The number of ketones is 1. The van der Waals surface area contributed by atoms with E-state index in [-0.39, 0.29) is 17.7 Å². The SMILES string of the molecule is O=C(CC1CCCN1C(=O)c1cnn2c1CCCC2)c1ccccc1. The van der Waals surface area contributed by atoms with E-state index in [1.165, 1.54) is 0 Å². The first-order valence-corrected chi connectivity index (χ1v) is 9.18. The lowest BCUT2D eigenvalue weighted by Gasteiger charge is -2.25. The van der Waals surface area contributed by atoms with Gasteiger partial charge >= 0.3 is 0 Å². The van der Waals surface area contributed by atoms with Crippen molar-refractivity contribution in [3.63, 3.8) is 0 Å². The number of benzene rings is 1. The van der Waals surface area contributed by atoms with E-state index in [0.29, 0.717) is 6.42 Å². The number of fused-ring (bicyclic) bond motifs is 1. The lowest BCUT2D eigenvalue weighted by molar-refractivity contribution is 0.0715. The van der Waals surface area contributed by atoms with Gasteiger partial charge in [0.25, 0.3) is 5.91 Å². The second-order valence-corrected chi connectivity index (χ2v) is 6.97. The number of aromatic nitrogens is 2. The molecule has 1 amide bonds. The molecule has 1 aromatic heterocycles. The smallest absolute Gasteiger partial charge is 0.257 e. The van der Waals surface area contributed by atoms with Gasteiger partial charge < -0.3 is 4.90 Å². The summed E-state index contributed by atoms with van der Waals surface area (Å²) in [4.78, 5) is 27.5. The molecule has 0 N–H and O–H groups in total. The molecule has 4 rings (SSSR count). The Balaban J connectivity index is 1.50. The molecule has 0 aliphatic carbocycles. The molecular weight excluding hydrogens is 314 g/mol. The molecule has 0 saturated carbocycles. The molecule has 2 aliphatic heterocycles. The predicted molar refractivity (Wildman–Crippen MR) is 94.6 cm³/mol. The van der Waals surface area contributed by atoms with Crippen molar-refractivity contribution in [2.24, 2.45) is 0 Å². The van der Waals surface area contributed by atoms with Gasteiger partial charge in [-0.2, -0.15) is 5.10 Å². The summed E-state index contributed by atoms with van der Waals surface area (Å²) in [7, 11) is 0. The third-order valence-corrected chi connectivity index (χ3v) is 5.37. The highest BCUT2D eigenvalue weighted by Gasteiger charge is 2.33. The van der Waals surface area contributed by atoms with Crippen LogP contribution < -0.4 is 0 Å². The average Bonchev–Trinajstić information content (AvgIpc) is 3.29. The molecule has 2 aliphatic rings. The molecule has 0 radical (unpaired) electrons. The number of hydrogen-bond acceptors (Lipinski definition) is 3. The number of rotatable bonds is 4. The van der Waals surface area contributed by atoms with Crippen LogP contribution in [0.25, 0.3) is 0 Å². The Labute approximate surface area is 147 Å². The quantitative estimate of drug-likeness (QED) is 0.806. The van der Waals surface area contributed by atoms with Crippen molar-refractivity contribution in [2.75, 3.05) is 6.54 Å². The van der Waals surface area contributed by atoms with Gasteiger partial charge in [-0.15, -0.1) is 0 Å². The van der Waals surface area contributed by atoms with Gasteiger partial charge in [0, 0.05) is 31.1 Å².